The molecular weight excluding hydrogens is 387 g/mol. The molecule has 0 fully saturated rings. The standard InChI is InChI=1S/C22H29FN4OS/c1-3-24-22(25-10-6-17-4-5-19(23)14-16(17)2)26-11-7-21(28)27-12-8-20-18(15-27)9-13-29-20/h4-5,9,13-14H,3,6-8,10-12,15H2,1-2H3,(H2,24,25,26). The topological polar surface area (TPSA) is 56.7 Å². The molecule has 0 atom stereocenters. The second kappa shape index (κ2) is 10.4. The van der Waals surface area contributed by atoms with Crippen molar-refractivity contribution in [1.82, 2.24) is 15.5 Å². The van der Waals surface area contributed by atoms with Crippen LogP contribution in [0.3, 0.4) is 0 Å². The van der Waals surface area contributed by atoms with Crippen LogP contribution >= 0.6 is 11.3 Å². The van der Waals surface area contributed by atoms with Gasteiger partial charge in [-0.3, -0.25) is 9.79 Å². The van der Waals surface area contributed by atoms with E-state index < -0.39 is 0 Å². The number of carbonyl (C=O) groups is 1. The highest BCUT2D eigenvalue weighted by atomic mass is 32.1. The first-order chi connectivity index (χ1) is 14.1. The maximum absolute atomic E-state index is 13.2. The van der Waals surface area contributed by atoms with Crippen LogP contribution in [0.15, 0.2) is 34.6 Å². The van der Waals surface area contributed by atoms with Crippen LogP contribution in [0.5, 0.6) is 0 Å². The number of nitrogens with one attached hydrogen (secondary N) is 2. The predicted octanol–water partition coefficient (Wildman–Crippen LogP) is 3.27. The fraction of sp³-hybridized carbons (Fsp3) is 0.455. The molecule has 0 radical (unpaired) electrons. The zero-order chi connectivity index (χ0) is 20.6. The van der Waals surface area contributed by atoms with Crippen molar-refractivity contribution in [3.63, 3.8) is 0 Å². The van der Waals surface area contributed by atoms with Gasteiger partial charge in [0.05, 0.1) is 6.54 Å². The predicted molar refractivity (Wildman–Crippen MR) is 117 cm³/mol. The average molecular weight is 417 g/mol. The van der Waals surface area contributed by atoms with Gasteiger partial charge in [-0.15, -0.1) is 11.3 Å². The van der Waals surface area contributed by atoms with Crippen molar-refractivity contribution in [3.05, 3.63) is 57.0 Å². The molecule has 2 N–H and O–H groups in total. The minimum absolute atomic E-state index is 0.156. The molecule has 156 valence electrons. The lowest BCUT2D eigenvalue weighted by Crippen LogP contribution is -2.39. The van der Waals surface area contributed by atoms with E-state index in [1.165, 1.54) is 16.5 Å². The Morgan fingerprint density at radius 1 is 1.31 bits per heavy atom. The highest BCUT2D eigenvalue weighted by Gasteiger charge is 2.20. The third-order valence-electron chi connectivity index (χ3n) is 5.09. The molecule has 0 unspecified atom stereocenters. The van der Waals surface area contributed by atoms with E-state index in [1.54, 1.807) is 17.4 Å². The Morgan fingerprint density at radius 2 is 2.17 bits per heavy atom. The molecule has 7 heteroatoms. The van der Waals surface area contributed by atoms with Crippen LogP contribution < -0.4 is 10.6 Å². The molecule has 0 spiro atoms. The average Bonchev–Trinajstić information content (AvgIpc) is 3.17. The highest BCUT2D eigenvalue weighted by molar-refractivity contribution is 7.10. The van der Waals surface area contributed by atoms with Gasteiger partial charge < -0.3 is 15.5 Å². The molecule has 1 aliphatic heterocycles. The van der Waals surface area contributed by atoms with E-state index in [0.29, 0.717) is 25.5 Å². The zero-order valence-corrected chi connectivity index (χ0v) is 17.9. The summed E-state index contributed by atoms with van der Waals surface area (Å²) in [6.45, 7) is 7.35. The Morgan fingerprint density at radius 3 is 2.97 bits per heavy atom. The van der Waals surface area contributed by atoms with E-state index in [1.807, 2.05) is 24.8 Å². The lowest BCUT2D eigenvalue weighted by molar-refractivity contribution is -0.131. The van der Waals surface area contributed by atoms with Crippen LogP contribution in [-0.4, -0.2) is 42.9 Å². The van der Waals surface area contributed by atoms with Crippen LogP contribution in [0, 0.1) is 12.7 Å². The third-order valence-corrected chi connectivity index (χ3v) is 6.11. The largest absolute Gasteiger partial charge is 0.357 e. The fourth-order valence-corrected chi connectivity index (χ4v) is 4.37. The normalized spacial score (nSPS) is 13.9. The molecule has 1 amide bonds. The molecule has 3 rings (SSSR count). The smallest absolute Gasteiger partial charge is 0.224 e. The van der Waals surface area contributed by atoms with Gasteiger partial charge in [-0.2, -0.15) is 0 Å². The first-order valence-corrected chi connectivity index (χ1v) is 11.0. The van der Waals surface area contributed by atoms with Gasteiger partial charge in [0, 0.05) is 37.5 Å². The number of carbonyl (C=O) groups excluding carboxylic acids is 1. The summed E-state index contributed by atoms with van der Waals surface area (Å²) in [5, 5.41) is 8.61. The minimum atomic E-state index is -0.206. The minimum Gasteiger partial charge on any atom is -0.357 e. The number of guanidine groups is 1. The summed E-state index contributed by atoms with van der Waals surface area (Å²) in [7, 11) is 0. The molecule has 5 nitrogen and oxygen atoms in total. The van der Waals surface area contributed by atoms with E-state index in [2.05, 4.69) is 27.1 Å². The number of aryl methyl sites for hydroxylation is 1. The van der Waals surface area contributed by atoms with E-state index in [0.717, 1.165) is 43.6 Å². The summed E-state index contributed by atoms with van der Waals surface area (Å²) in [6, 6.07) is 6.99. The molecule has 1 aliphatic rings. The molecule has 2 aromatic rings. The highest BCUT2D eigenvalue weighted by Crippen LogP contribution is 2.24. The van der Waals surface area contributed by atoms with E-state index >= 15 is 0 Å². The number of nitrogens with zero attached hydrogens (tertiary/aromatic N) is 2. The Hall–Kier alpha value is -2.41. The molecule has 0 saturated carbocycles. The number of benzene rings is 1. The van der Waals surface area contributed by atoms with Gasteiger partial charge in [-0.05, 0) is 67.0 Å². The van der Waals surface area contributed by atoms with E-state index in [-0.39, 0.29) is 11.7 Å². The second-order valence-electron chi connectivity index (χ2n) is 7.19. The number of thiophene rings is 1. The van der Waals surface area contributed by atoms with Crippen molar-refractivity contribution >= 4 is 23.2 Å². The summed E-state index contributed by atoms with van der Waals surface area (Å²) in [6.07, 6.45) is 2.15. The van der Waals surface area contributed by atoms with Crippen molar-refractivity contribution in [1.29, 1.82) is 0 Å². The molecule has 1 aromatic carbocycles. The quantitative estimate of drug-likeness (QED) is 0.538. The first kappa shape index (κ1) is 21.3. The van der Waals surface area contributed by atoms with Crippen molar-refractivity contribution in [2.45, 2.75) is 39.7 Å². The SMILES string of the molecule is CCNC(=NCCC(=O)N1CCc2sccc2C1)NCCc1ccc(F)cc1C. The summed E-state index contributed by atoms with van der Waals surface area (Å²) in [4.78, 5) is 20.4. The molecule has 0 bridgehead atoms. The maximum atomic E-state index is 13.2. The maximum Gasteiger partial charge on any atom is 0.224 e. The van der Waals surface area contributed by atoms with Crippen LogP contribution in [0.1, 0.15) is 34.9 Å². The van der Waals surface area contributed by atoms with Gasteiger partial charge in [-0.25, -0.2) is 4.39 Å². The lowest BCUT2D eigenvalue weighted by Gasteiger charge is -2.26. The number of rotatable bonds is 7. The van der Waals surface area contributed by atoms with Crippen molar-refractivity contribution in [2.24, 2.45) is 4.99 Å². The molecule has 1 aromatic heterocycles. The summed E-state index contributed by atoms with van der Waals surface area (Å²) >= 11 is 1.78. The van der Waals surface area contributed by atoms with E-state index in [4.69, 9.17) is 0 Å². The first-order valence-electron chi connectivity index (χ1n) is 10.2. The van der Waals surface area contributed by atoms with Gasteiger partial charge >= 0.3 is 0 Å². The Bertz CT molecular complexity index is 864. The molecule has 2 heterocycles. The van der Waals surface area contributed by atoms with Crippen LogP contribution in [0.4, 0.5) is 4.39 Å². The number of hydrogen-bond acceptors (Lipinski definition) is 3. The van der Waals surface area contributed by atoms with Crippen LogP contribution in [0.25, 0.3) is 0 Å². The van der Waals surface area contributed by atoms with E-state index in [9.17, 15) is 9.18 Å². The summed E-state index contributed by atoms with van der Waals surface area (Å²) in [5.74, 6) is 0.657. The second-order valence-corrected chi connectivity index (χ2v) is 8.19. The van der Waals surface area contributed by atoms with Crippen LogP contribution in [0.2, 0.25) is 0 Å². The third kappa shape index (κ3) is 6.03. The molecule has 0 aliphatic carbocycles. The van der Waals surface area contributed by atoms with Gasteiger partial charge in [-0.1, -0.05) is 6.07 Å². The summed E-state index contributed by atoms with van der Waals surface area (Å²) in [5.41, 5.74) is 3.35. The molecule has 0 saturated heterocycles. The van der Waals surface area contributed by atoms with Gasteiger partial charge in [0.15, 0.2) is 5.96 Å². The fourth-order valence-electron chi connectivity index (χ4n) is 3.48. The van der Waals surface area contributed by atoms with Crippen molar-refractivity contribution in [3.8, 4) is 0 Å². The number of hydrogen-bond donors (Lipinski definition) is 2. The summed E-state index contributed by atoms with van der Waals surface area (Å²) < 4.78 is 13.2. The van der Waals surface area contributed by atoms with Gasteiger partial charge in [0.25, 0.3) is 0 Å². The Kier molecular flexibility index (Phi) is 7.63. The van der Waals surface area contributed by atoms with Crippen molar-refractivity contribution < 1.29 is 9.18 Å². The Labute approximate surface area is 176 Å². The number of amides is 1. The number of halogens is 1. The van der Waals surface area contributed by atoms with Gasteiger partial charge in [0.2, 0.25) is 5.91 Å². The zero-order valence-electron chi connectivity index (χ0n) is 17.1. The van der Waals surface area contributed by atoms with Crippen LogP contribution in [-0.2, 0) is 24.2 Å². The number of aliphatic imine (C=N–C) groups is 1. The molecule has 29 heavy (non-hydrogen) atoms. The van der Waals surface area contributed by atoms with Crippen molar-refractivity contribution in [2.75, 3.05) is 26.2 Å². The lowest BCUT2D eigenvalue weighted by atomic mass is 10.1. The monoisotopic (exact) mass is 416 g/mol. The number of fused-ring (bicyclic) bond motifs is 1. The van der Waals surface area contributed by atoms with Gasteiger partial charge in [0.1, 0.15) is 5.82 Å². The Balaban J connectivity index is 1.45. The molecular formula is C22H29FN4OS.